The van der Waals surface area contributed by atoms with Gasteiger partial charge in [0.05, 0.1) is 0 Å². The van der Waals surface area contributed by atoms with Crippen LogP contribution in [0.5, 0.6) is 0 Å². The van der Waals surface area contributed by atoms with E-state index in [0.29, 0.717) is 10.8 Å². The summed E-state index contributed by atoms with van der Waals surface area (Å²) in [5.74, 6) is 0. The summed E-state index contributed by atoms with van der Waals surface area (Å²) in [6.45, 7) is 24.5. The molecule has 0 N–H and O–H groups in total. The van der Waals surface area contributed by atoms with Crippen LogP contribution in [-0.4, -0.2) is 0 Å². The van der Waals surface area contributed by atoms with Gasteiger partial charge in [0.25, 0.3) is 0 Å². The van der Waals surface area contributed by atoms with Crippen molar-refractivity contribution in [2.24, 2.45) is 10.8 Å². The normalized spacial score (nSPS) is 19.8. The Morgan fingerprint density at radius 3 is 0.938 bits per heavy atom. The first-order valence-electron chi connectivity index (χ1n) is 13.6. The first-order chi connectivity index (χ1) is 14.9. The van der Waals surface area contributed by atoms with Crippen molar-refractivity contribution < 1.29 is 78.9 Å². The van der Waals surface area contributed by atoms with Crippen molar-refractivity contribution in [1.29, 1.82) is 0 Å². The number of hydrogen-bond donors (Lipinski definition) is 0. The van der Waals surface area contributed by atoms with E-state index in [1.807, 2.05) is 28.9 Å². The number of rotatable bonds is 12. The minimum absolute atomic E-state index is 0. The Labute approximate surface area is 260 Å². The second-order valence-corrected chi connectivity index (χ2v) is 12.5. The van der Waals surface area contributed by atoms with Crippen molar-refractivity contribution in [3.63, 3.8) is 0 Å². The van der Waals surface area contributed by atoms with Crippen LogP contribution >= 0.6 is 0 Å². The molecule has 0 aromatic rings. The zero-order valence-electron chi connectivity index (χ0n) is 26.6. The van der Waals surface area contributed by atoms with Crippen LogP contribution in [0.2, 0.25) is 0 Å². The molecule has 2 heteroatoms. The van der Waals surface area contributed by atoms with Gasteiger partial charge in [-0.25, -0.2) is 0 Å². The predicted octanol–water partition coefficient (Wildman–Crippen LogP) is 7.61. The molecule has 0 bridgehead atoms. The molecule has 0 saturated carbocycles. The Hall–Kier alpha value is 1.48. The van der Waals surface area contributed by atoms with Gasteiger partial charge in [0.2, 0.25) is 0 Å². The molecule has 2 rings (SSSR count). The minimum Gasteiger partial charge on any atom is -1.00 e. The maximum atomic E-state index is 2.48. The largest absolute Gasteiger partial charge is 1.00 e. The fourth-order valence-corrected chi connectivity index (χ4v) is 14.1. The topological polar surface area (TPSA) is 0 Å². The first kappa shape index (κ1) is 31.5. The van der Waals surface area contributed by atoms with E-state index in [9.17, 15) is 0 Å². The monoisotopic (exact) mass is 542 g/mol. The second-order valence-electron chi connectivity index (χ2n) is 9.45. The van der Waals surface area contributed by atoms with E-state index in [1.54, 1.807) is 11.1 Å². The van der Waals surface area contributed by atoms with E-state index in [1.165, 1.54) is 64.2 Å². The van der Waals surface area contributed by atoms with Gasteiger partial charge in [-0.15, -0.1) is 0 Å². The van der Waals surface area contributed by atoms with Gasteiger partial charge in [-0.3, -0.25) is 0 Å². The molecule has 0 radical (unpaired) electrons. The van der Waals surface area contributed by atoms with Crippen molar-refractivity contribution in [2.75, 3.05) is 0 Å². The zero-order chi connectivity index (χ0) is 23.4. The van der Waals surface area contributed by atoms with Crippen LogP contribution in [0.4, 0.5) is 0 Å². The summed E-state index contributed by atoms with van der Waals surface area (Å²) in [5.41, 5.74) is 11.5. The summed E-state index contributed by atoms with van der Waals surface area (Å²) in [7, 11) is 0. The van der Waals surface area contributed by atoms with Crippen LogP contribution in [0, 0.1) is 10.8 Å². The van der Waals surface area contributed by atoms with E-state index in [-0.39, 0.29) is 55.7 Å². The van der Waals surface area contributed by atoms with Gasteiger partial charge in [-0.1, -0.05) is 0 Å². The molecule has 2 aliphatic carbocycles. The smallest absolute Gasteiger partial charge is 1.00 e. The molecule has 32 heavy (non-hydrogen) atoms. The Kier molecular flexibility index (Phi) is 13.5. The molecule has 0 aromatic carbocycles. The molecule has 0 heterocycles. The molecule has 0 fully saturated rings. The summed E-state index contributed by atoms with van der Waals surface area (Å²) < 4.78 is 3.97. The molecule has 0 saturated heterocycles. The van der Waals surface area contributed by atoms with Crippen molar-refractivity contribution in [1.82, 2.24) is 0 Å². The Morgan fingerprint density at radius 1 is 0.469 bits per heavy atom. The van der Waals surface area contributed by atoms with Gasteiger partial charge in [0, 0.05) is 0 Å². The van der Waals surface area contributed by atoms with Crippen molar-refractivity contribution in [3.8, 4) is 0 Å². The Morgan fingerprint density at radius 2 is 0.750 bits per heavy atom. The molecule has 0 unspecified atom stereocenters. The molecule has 2 aliphatic rings. The summed E-state index contributed by atoms with van der Waals surface area (Å²) in [5, 5.41) is 0. The predicted molar refractivity (Wildman–Crippen MR) is 139 cm³/mol. The van der Waals surface area contributed by atoms with E-state index in [2.05, 4.69) is 69.2 Å². The van der Waals surface area contributed by atoms with Crippen LogP contribution in [0.15, 0.2) is 40.0 Å². The number of allylic oxidation sites excluding steroid dienone is 8. The molecule has 0 atom stereocenters. The molecular formula is C30H53KZr. The maximum absolute atomic E-state index is 2.48. The SMILES string of the molecule is CCC1=C(CC)C(CC)(CC)[C]([Zr+2][C]2=C(CC)C(CC)=C(CC)C2(CC)CC)=C1CC.[H-].[H-].[H-].[K+]. The first-order valence-corrected chi connectivity index (χ1v) is 16.1. The third-order valence-electron chi connectivity index (χ3n) is 8.96. The van der Waals surface area contributed by atoms with Crippen molar-refractivity contribution in [3.05, 3.63) is 40.0 Å². The quantitative estimate of drug-likeness (QED) is 0.222. The molecule has 0 amide bonds. The van der Waals surface area contributed by atoms with Crippen LogP contribution < -0.4 is 51.4 Å². The van der Waals surface area contributed by atoms with E-state index < -0.39 is 23.2 Å². The standard InChI is InChI=1S/2C15H25.K.Zr.3H/c2*1-6-12-11-15(9-4,10-5)14(8-3)13(12)7-2;;;;;/h2*6-10H2,1-5H3;;;;;/q;;+1;+2;3*-1. The van der Waals surface area contributed by atoms with Gasteiger partial charge in [-0.2, -0.15) is 0 Å². The zero-order valence-corrected chi connectivity index (χ0v) is 29.2. The fourth-order valence-electron chi connectivity index (χ4n) is 7.44. The summed E-state index contributed by atoms with van der Waals surface area (Å²) >= 11 is -0.877. The average molecular weight is 544 g/mol. The van der Waals surface area contributed by atoms with Gasteiger partial charge in [0.15, 0.2) is 0 Å². The molecule has 0 spiro atoms. The Balaban J connectivity index is -0.00000256. The molecular weight excluding hydrogens is 491 g/mol. The summed E-state index contributed by atoms with van der Waals surface area (Å²) in [6.07, 6.45) is 12.6. The van der Waals surface area contributed by atoms with Gasteiger partial charge < -0.3 is 4.28 Å². The van der Waals surface area contributed by atoms with Crippen molar-refractivity contribution in [2.45, 2.75) is 133 Å². The Bertz CT molecular complexity index is 730. The summed E-state index contributed by atoms with van der Waals surface area (Å²) in [6, 6.07) is 0. The van der Waals surface area contributed by atoms with Gasteiger partial charge in [0.1, 0.15) is 0 Å². The molecule has 0 aliphatic heterocycles. The third kappa shape index (κ3) is 4.87. The molecule has 0 aromatic heterocycles. The van der Waals surface area contributed by atoms with Crippen LogP contribution in [0.3, 0.4) is 0 Å². The van der Waals surface area contributed by atoms with Gasteiger partial charge >= 0.3 is 259 Å². The van der Waals surface area contributed by atoms with E-state index >= 15 is 0 Å². The third-order valence-corrected chi connectivity index (χ3v) is 14.0. The van der Waals surface area contributed by atoms with Crippen LogP contribution in [0.1, 0.15) is 138 Å². The van der Waals surface area contributed by atoms with Crippen LogP contribution in [-0.2, 0) is 23.2 Å². The number of hydrogen-bond acceptors (Lipinski definition) is 0. The van der Waals surface area contributed by atoms with Crippen molar-refractivity contribution >= 4 is 0 Å². The van der Waals surface area contributed by atoms with Gasteiger partial charge in [-0.05, 0) is 0 Å². The average Bonchev–Trinajstić information content (AvgIpc) is 3.23. The summed E-state index contributed by atoms with van der Waals surface area (Å²) in [4.78, 5) is 0. The maximum Gasteiger partial charge on any atom is 1.00 e. The van der Waals surface area contributed by atoms with Crippen LogP contribution in [0.25, 0.3) is 0 Å². The second kappa shape index (κ2) is 13.7. The van der Waals surface area contributed by atoms with E-state index in [0.717, 1.165) is 0 Å². The fraction of sp³-hybridized carbons (Fsp3) is 0.733. The minimum atomic E-state index is -0.877. The van der Waals surface area contributed by atoms with E-state index in [4.69, 9.17) is 0 Å². The molecule has 178 valence electrons. The molecule has 0 nitrogen and oxygen atoms in total.